The second kappa shape index (κ2) is 8.45. The topological polar surface area (TPSA) is 89.1 Å². The van der Waals surface area contributed by atoms with Crippen LogP contribution in [0.25, 0.3) is 0 Å². The molecular weight excluding hydrogens is 430 g/mol. The van der Waals surface area contributed by atoms with Crippen molar-refractivity contribution in [3.63, 3.8) is 0 Å². The molecule has 0 bridgehead atoms. The Morgan fingerprint density at radius 3 is 2.79 bits per heavy atom. The zero-order chi connectivity index (χ0) is 23.2. The van der Waals surface area contributed by atoms with E-state index >= 15 is 0 Å². The molecule has 33 heavy (non-hydrogen) atoms. The summed E-state index contributed by atoms with van der Waals surface area (Å²) in [6.07, 6.45) is 8.32. The number of nitrogens with zero attached hydrogens (tertiary/aromatic N) is 5. The van der Waals surface area contributed by atoms with Gasteiger partial charge in [0.05, 0.1) is 24.0 Å². The lowest BCUT2D eigenvalue weighted by Gasteiger charge is -2.30. The van der Waals surface area contributed by atoms with E-state index in [4.69, 9.17) is 4.52 Å². The van der Waals surface area contributed by atoms with Gasteiger partial charge in [0, 0.05) is 44.6 Å². The number of fused-ring (bicyclic) bond motifs is 1. The number of hydrogen-bond donors (Lipinski definition) is 1. The minimum Gasteiger partial charge on any atom is -0.355 e. The average Bonchev–Trinajstić information content (AvgIpc) is 3.18. The van der Waals surface area contributed by atoms with E-state index in [9.17, 15) is 13.6 Å². The van der Waals surface area contributed by atoms with Gasteiger partial charge in [-0.1, -0.05) is 5.16 Å². The summed E-state index contributed by atoms with van der Waals surface area (Å²) in [5.74, 6) is -2.14. The van der Waals surface area contributed by atoms with Crippen molar-refractivity contribution in [1.29, 1.82) is 0 Å². The smallest absolute Gasteiger partial charge is 0.304 e. The van der Waals surface area contributed by atoms with Crippen molar-refractivity contribution in [2.75, 3.05) is 19.6 Å². The SMILES string of the molecule is Cn1ncc(CC(=O)NC2CCC(CCN3CC4C[C@]4(c4cc(C(C)(F)F)on4)C3)CC2)n1. The van der Waals surface area contributed by atoms with Gasteiger partial charge < -0.3 is 14.7 Å². The van der Waals surface area contributed by atoms with Crippen molar-refractivity contribution in [2.24, 2.45) is 18.9 Å². The number of piperidine rings is 1. The number of rotatable bonds is 8. The third-order valence-corrected chi connectivity index (χ3v) is 7.72. The molecular formula is C23H32F2N6O2. The molecule has 1 N–H and O–H groups in total. The standard InChI is InChI=1S/C23H32F2N6O2/c1-22(24,25)20-10-19(29-33-20)23-11-16(23)13-31(14-23)8-7-15-3-5-17(6-4-15)27-21(32)9-18-12-26-30(2)28-18/h10,12,15-17H,3-9,11,13-14H2,1-2H3,(H,27,32)/t15?,16?,17?,23-/m0/s1. The monoisotopic (exact) mass is 462 g/mol. The highest BCUT2D eigenvalue weighted by molar-refractivity contribution is 5.78. The molecule has 3 aliphatic rings. The highest BCUT2D eigenvalue weighted by Gasteiger charge is 2.62. The molecule has 3 fully saturated rings. The molecule has 5 rings (SSSR count). The molecule has 1 saturated heterocycles. The Bertz CT molecular complexity index is 993. The van der Waals surface area contributed by atoms with Gasteiger partial charge in [-0.05, 0) is 56.9 Å². The maximum atomic E-state index is 13.5. The Hall–Kier alpha value is -2.36. The minimum absolute atomic E-state index is 0.0115. The molecule has 1 amide bonds. The number of likely N-dealkylation sites (tertiary alicyclic amines) is 1. The Kier molecular flexibility index (Phi) is 5.74. The minimum atomic E-state index is -2.99. The molecule has 1 aliphatic heterocycles. The number of aromatic nitrogens is 4. The van der Waals surface area contributed by atoms with Gasteiger partial charge in [-0.2, -0.15) is 23.8 Å². The summed E-state index contributed by atoms with van der Waals surface area (Å²) >= 11 is 0. The van der Waals surface area contributed by atoms with Crippen LogP contribution < -0.4 is 5.32 Å². The normalized spacial score (nSPS) is 29.8. The van der Waals surface area contributed by atoms with E-state index in [0.717, 1.165) is 65.1 Å². The fourth-order valence-electron chi connectivity index (χ4n) is 5.74. The van der Waals surface area contributed by atoms with Crippen LogP contribution in [-0.2, 0) is 29.6 Å². The molecule has 0 radical (unpaired) electrons. The predicted octanol–water partition coefficient (Wildman–Crippen LogP) is 2.80. The van der Waals surface area contributed by atoms with Crippen LogP contribution in [0.3, 0.4) is 0 Å². The molecule has 3 heterocycles. The first-order valence-corrected chi connectivity index (χ1v) is 11.9. The van der Waals surface area contributed by atoms with Gasteiger partial charge >= 0.3 is 5.92 Å². The zero-order valence-corrected chi connectivity index (χ0v) is 19.3. The second-order valence-corrected chi connectivity index (χ2v) is 10.3. The molecule has 8 nitrogen and oxygen atoms in total. The molecule has 2 atom stereocenters. The Morgan fingerprint density at radius 1 is 1.33 bits per heavy atom. The first-order chi connectivity index (χ1) is 15.7. The van der Waals surface area contributed by atoms with Crippen LogP contribution in [0.2, 0.25) is 0 Å². The maximum Gasteiger partial charge on any atom is 0.304 e. The molecule has 2 saturated carbocycles. The van der Waals surface area contributed by atoms with Crippen LogP contribution in [0.15, 0.2) is 16.8 Å². The number of amides is 1. The van der Waals surface area contributed by atoms with E-state index < -0.39 is 5.92 Å². The first-order valence-electron chi connectivity index (χ1n) is 11.9. The predicted molar refractivity (Wildman–Crippen MR) is 116 cm³/mol. The fraction of sp³-hybridized carbons (Fsp3) is 0.739. The van der Waals surface area contributed by atoms with Crippen molar-refractivity contribution in [3.05, 3.63) is 29.4 Å². The molecule has 2 aromatic rings. The number of halogens is 2. The van der Waals surface area contributed by atoms with E-state index in [1.54, 1.807) is 13.2 Å². The van der Waals surface area contributed by atoms with E-state index in [-0.39, 0.29) is 29.5 Å². The Morgan fingerprint density at radius 2 is 2.12 bits per heavy atom. The van der Waals surface area contributed by atoms with Crippen molar-refractivity contribution in [2.45, 2.75) is 69.2 Å². The number of carbonyl (C=O) groups excluding carboxylic acids is 1. The number of alkyl halides is 2. The number of aryl methyl sites for hydroxylation is 1. The van der Waals surface area contributed by atoms with Gasteiger partial charge in [-0.25, -0.2) is 0 Å². The van der Waals surface area contributed by atoms with E-state index in [1.165, 1.54) is 10.9 Å². The summed E-state index contributed by atoms with van der Waals surface area (Å²) in [5, 5.41) is 15.3. The van der Waals surface area contributed by atoms with E-state index in [1.807, 2.05) is 0 Å². The quantitative estimate of drug-likeness (QED) is 0.649. The summed E-state index contributed by atoms with van der Waals surface area (Å²) in [6.45, 7) is 3.77. The Balaban J connectivity index is 1.03. The third-order valence-electron chi connectivity index (χ3n) is 7.72. The molecule has 0 aromatic carbocycles. The van der Waals surface area contributed by atoms with Crippen LogP contribution in [-0.4, -0.2) is 56.6 Å². The largest absolute Gasteiger partial charge is 0.355 e. The Labute approximate surface area is 192 Å². The lowest BCUT2D eigenvalue weighted by atomic mass is 9.84. The van der Waals surface area contributed by atoms with Gasteiger partial charge in [-0.15, -0.1) is 0 Å². The van der Waals surface area contributed by atoms with Crippen LogP contribution >= 0.6 is 0 Å². The highest BCUT2D eigenvalue weighted by Crippen LogP contribution is 2.59. The van der Waals surface area contributed by atoms with Gasteiger partial charge in [0.1, 0.15) is 0 Å². The molecule has 10 heteroatoms. The summed E-state index contributed by atoms with van der Waals surface area (Å²) < 4.78 is 32.0. The van der Waals surface area contributed by atoms with Crippen molar-refractivity contribution in [3.8, 4) is 0 Å². The number of hydrogen-bond acceptors (Lipinski definition) is 6. The van der Waals surface area contributed by atoms with Crippen LogP contribution in [0, 0.1) is 11.8 Å². The molecule has 2 aromatic heterocycles. The summed E-state index contributed by atoms with van der Waals surface area (Å²) in [7, 11) is 1.74. The average molecular weight is 463 g/mol. The fourth-order valence-corrected chi connectivity index (χ4v) is 5.74. The first kappa shape index (κ1) is 22.4. The van der Waals surface area contributed by atoms with Crippen molar-refractivity contribution in [1.82, 2.24) is 30.4 Å². The van der Waals surface area contributed by atoms with Crippen LogP contribution in [0.4, 0.5) is 8.78 Å². The van der Waals surface area contributed by atoms with Gasteiger partial charge in [0.25, 0.3) is 0 Å². The lowest BCUT2D eigenvalue weighted by molar-refractivity contribution is -0.121. The van der Waals surface area contributed by atoms with E-state index in [0.29, 0.717) is 23.2 Å². The molecule has 1 unspecified atom stereocenters. The zero-order valence-electron chi connectivity index (χ0n) is 19.3. The number of carbonyl (C=O) groups is 1. The summed E-state index contributed by atoms with van der Waals surface area (Å²) in [4.78, 5) is 16.2. The number of nitrogens with one attached hydrogen (secondary N) is 1. The molecule has 0 spiro atoms. The van der Waals surface area contributed by atoms with Crippen molar-refractivity contribution < 1.29 is 18.1 Å². The highest BCUT2D eigenvalue weighted by atomic mass is 19.3. The molecule has 2 aliphatic carbocycles. The maximum absolute atomic E-state index is 13.5. The van der Waals surface area contributed by atoms with Gasteiger partial charge in [0.2, 0.25) is 11.7 Å². The second-order valence-electron chi connectivity index (χ2n) is 10.3. The van der Waals surface area contributed by atoms with E-state index in [2.05, 4.69) is 25.6 Å². The van der Waals surface area contributed by atoms with Crippen LogP contribution in [0.5, 0.6) is 0 Å². The molecule has 180 valence electrons. The van der Waals surface area contributed by atoms with Gasteiger partial charge in [0.15, 0.2) is 0 Å². The van der Waals surface area contributed by atoms with Crippen molar-refractivity contribution >= 4 is 5.91 Å². The van der Waals surface area contributed by atoms with Gasteiger partial charge in [-0.3, -0.25) is 4.79 Å². The summed E-state index contributed by atoms with van der Waals surface area (Å²) in [5.41, 5.74) is 1.30. The van der Waals surface area contributed by atoms with Crippen LogP contribution in [0.1, 0.15) is 62.6 Å². The summed E-state index contributed by atoms with van der Waals surface area (Å²) in [6, 6.07) is 1.70. The third kappa shape index (κ3) is 4.81. The lowest BCUT2D eigenvalue weighted by Crippen LogP contribution is -2.39.